The molecule has 0 bridgehead atoms. The third kappa shape index (κ3) is 4.32. The largest absolute Gasteiger partial charge is 0.497 e. The van der Waals surface area contributed by atoms with E-state index in [9.17, 15) is 10.1 Å². The van der Waals surface area contributed by atoms with Crippen molar-refractivity contribution in [2.24, 2.45) is 0 Å². The van der Waals surface area contributed by atoms with Crippen LogP contribution in [0, 0.1) is 18.3 Å². The first kappa shape index (κ1) is 21.8. The van der Waals surface area contributed by atoms with E-state index in [0.29, 0.717) is 22.5 Å². The summed E-state index contributed by atoms with van der Waals surface area (Å²) in [5.74, 6) is 0.862. The molecule has 1 unspecified atom stereocenters. The van der Waals surface area contributed by atoms with Crippen molar-refractivity contribution < 1.29 is 4.74 Å². The van der Waals surface area contributed by atoms with Crippen LogP contribution in [0.25, 0.3) is 22.5 Å². The van der Waals surface area contributed by atoms with Gasteiger partial charge in [-0.15, -0.1) is 0 Å². The van der Waals surface area contributed by atoms with Gasteiger partial charge < -0.3 is 15.0 Å². The molecule has 1 atom stereocenters. The average Bonchev–Trinajstić information content (AvgIpc) is 2.83. The number of benzene rings is 2. The van der Waals surface area contributed by atoms with Crippen LogP contribution in [-0.2, 0) is 0 Å². The Morgan fingerprint density at radius 1 is 1.06 bits per heavy atom. The molecule has 0 fully saturated rings. The summed E-state index contributed by atoms with van der Waals surface area (Å²) in [7, 11) is 1.62. The number of nitrogens with two attached hydrogens (primary N) is 1. The van der Waals surface area contributed by atoms with Gasteiger partial charge in [0, 0.05) is 23.4 Å². The standard InChI is InChI=1S/C26H23N5O2/c1-16-20(15-27)5-4-6-22(16)24-14-23(29-26(28)30-24)19-11-12-31(25(32)13-19)17(2)18-7-9-21(33-3)10-8-18/h4-14,17H,1-3H3,(H2,28,29,30). The second kappa shape index (κ2) is 8.97. The Morgan fingerprint density at radius 2 is 1.79 bits per heavy atom. The fraction of sp³-hybridized carbons (Fsp3) is 0.154. The first-order chi connectivity index (χ1) is 15.9. The van der Waals surface area contributed by atoms with Gasteiger partial charge in [0.2, 0.25) is 5.95 Å². The third-order valence-electron chi connectivity index (χ3n) is 5.73. The highest BCUT2D eigenvalue weighted by Crippen LogP contribution is 2.28. The maximum atomic E-state index is 13.0. The zero-order valence-corrected chi connectivity index (χ0v) is 18.6. The predicted octanol–water partition coefficient (Wildman–Crippen LogP) is 4.35. The van der Waals surface area contributed by atoms with Crippen LogP contribution in [0.2, 0.25) is 0 Å². The smallest absolute Gasteiger partial charge is 0.251 e. The minimum atomic E-state index is -0.155. The van der Waals surface area contributed by atoms with Gasteiger partial charge in [-0.1, -0.05) is 24.3 Å². The number of rotatable bonds is 5. The lowest BCUT2D eigenvalue weighted by Gasteiger charge is -2.16. The van der Waals surface area contributed by atoms with Crippen molar-refractivity contribution >= 4 is 5.95 Å². The predicted molar refractivity (Wildman–Crippen MR) is 128 cm³/mol. The molecule has 2 aromatic carbocycles. The number of nitrogen functional groups attached to an aromatic ring is 1. The lowest BCUT2D eigenvalue weighted by molar-refractivity contribution is 0.414. The number of pyridine rings is 1. The van der Waals surface area contributed by atoms with Crippen molar-refractivity contribution in [3.05, 3.63) is 93.9 Å². The average molecular weight is 438 g/mol. The molecule has 0 saturated heterocycles. The zero-order chi connectivity index (χ0) is 23.5. The summed E-state index contributed by atoms with van der Waals surface area (Å²) < 4.78 is 6.87. The Labute approximate surface area is 191 Å². The van der Waals surface area contributed by atoms with Gasteiger partial charge in [0.25, 0.3) is 5.56 Å². The molecule has 0 spiro atoms. The molecule has 4 aromatic rings. The van der Waals surface area contributed by atoms with E-state index in [0.717, 1.165) is 22.4 Å². The molecule has 0 aliphatic rings. The molecule has 2 heterocycles. The number of hydrogen-bond donors (Lipinski definition) is 1. The summed E-state index contributed by atoms with van der Waals surface area (Å²) in [6.45, 7) is 3.84. The number of nitriles is 1. The van der Waals surface area contributed by atoms with Crippen molar-refractivity contribution in [2.45, 2.75) is 19.9 Å². The normalized spacial score (nSPS) is 11.6. The van der Waals surface area contributed by atoms with E-state index < -0.39 is 0 Å². The van der Waals surface area contributed by atoms with Crippen LogP contribution in [0.15, 0.2) is 71.7 Å². The quantitative estimate of drug-likeness (QED) is 0.497. The van der Waals surface area contributed by atoms with Crippen LogP contribution < -0.4 is 16.0 Å². The van der Waals surface area contributed by atoms with Gasteiger partial charge in [-0.3, -0.25) is 4.79 Å². The highest BCUT2D eigenvalue weighted by molar-refractivity contribution is 5.72. The minimum Gasteiger partial charge on any atom is -0.497 e. The van der Waals surface area contributed by atoms with E-state index in [2.05, 4.69) is 16.0 Å². The lowest BCUT2D eigenvalue weighted by Crippen LogP contribution is -2.22. The van der Waals surface area contributed by atoms with Crippen LogP contribution >= 0.6 is 0 Å². The van der Waals surface area contributed by atoms with Crippen molar-refractivity contribution in [2.75, 3.05) is 12.8 Å². The van der Waals surface area contributed by atoms with Crippen LogP contribution in [0.5, 0.6) is 5.75 Å². The SMILES string of the molecule is COc1ccc(C(C)n2ccc(-c3cc(-c4cccc(C#N)c4C)nc(N)n3)cc2=O)cc1. The van der Waals surface area contributed by atoms with E-state index in [4.69, 9.17) is 10.5 Å². The Morgan fingerprint density at radius 3 is 2.45 bits per heavy atom. The molecule has 2 N–H and O–H groups in total. The number of anilines is 1. The lowest BCUT2D eigenvalue weighted by atomic mass is 9.99. The van der Waals surface area contributed by atoms with Gasteiger partial charge >= 0.3 is 0 Å². The van der Waals surface area contributed by atoms with Crippen molar-refractivity contribution in [3.63, 3.8) is 0 Å². The summed E-state index contributed by atoms with van der Waals surface area (Å²) in [6.07, 6.45) is 1.76. The Bertz CT molecular complexity index is 1420. The fourth-order valence-corrected chi connectivity index (χ4v) is 3.80. The molecular formula is C26H23N5O2. The Balaban J connectivity index is 1.71. The molecule has 33 heavy (non-hydrogen) atoms. The molecular weight excluding hydrogens is 414 g/mol. The monoisotopic (exact) mass is 437 g/mol. The summed E-state index contributed by atoms with van der Waals surface area (Å²) >= 11 is 0. The van der Waals surface area contributed by atoms with E-state index in [1.807, 2.05) is 50.2 Å². The molecule has 0 radical (unpaired) electrons. The van der Waals surface area contributed by atoms with E-state index in [1.165, 1.54) is 0 Å². The molecule has 0 aliphatic carbocycles. The first-order valence-electron chi connectivity index (χ1n) is 10.4. The topological polar surface area (TPSA) is 107 Å². The second-order valence-electron chi connectivity index (χ2n) is 7.70. The number of nitrogens with zero attached hydrogens (tertiary/aromatic N) is 4. The molecule has 0 amide bonds. The first-order valence-corrected chi connectivity index (χ1v) is 10.4. The molecule has 164 valence electrons. The highest BCUT2D eigenvalue weighted by Gasteiger charge is 2.14. The van der Waals surface area contributed by atoms with Crippen LogP contribution in [0.1, 0.15) is 29.7 Å². The van der Waals surface area contributed by atoms with Gasteiger partial charge in [-0.2, -0.15) is 5.26 Å². The van der Waals surface area contributed by atoms with Crippen LogP contribution in [-0.4, -0.2) is 21.6 Å². The molecule has 4 rings (SSSR count). The van der Waals surface area contributed by atoms with Crippen molar-refractivity contribution in [3.8, 4) is 34.3 Å². The van der Waals surface area contributed by atoms with E-state index in [1.54, 1.807) is 42.1 Å². The number of methoxy groups -OCH3 is 1. The van der Waals surface area contributed by atoms with Crippen molar-refractivity contribution in [1.29, 1.82) is 5.26 Å². The van der Waals surface area contributed by atoms with Crippen molar-refractivity contribution in [1.82, 2.24) is 14.5 Å². The molecule has 2 aromatic heterocycles. The molecule has 0 saturated carbocycles. The number of aromatic nitrogens is 3. The maximum absolute atomic E-state index is 13.0. The minimum absolute atomic E-state index is 0.0973. The molecule has 0 aliphatic heterocycles. The van der Waals surface area contributed by atoms with E-state index >= 15 is 0 Å². The third-order valence-corrected chi connectivity index (χ3v) is 5.73. The van der Waals surface area contributed by atoms with Gasteiger partial charge in [-0.25, -0.2) is 9.97 Å². The van der Waals surface area contributed by atoms with Gasteiger partial charge in [0.1, 0.15) is 5.75 Å². The summed E-state index contributed by atoms with van der Waals surface area (Å²) in [5.41, 5.74) is 10.8. The molecule has 7 nitrogen and oxygen atoms in total. The highest BCUT2D eigenvalue weighted by atomic mass is 16.5. The number of hydrogen-bond acceptors (Lipinski definition) is 6. The summed E-state index contributed by atoms with van der Waals surface area (Å²) in [4.78, 5) is 21.6. The maximum Gasteiger partial charge on any atom is 0.251 e. The number of ether oxygens (including phenoxy) is 1. The second-order valence-corrected chi connectivity index (χ2v) is 7.70. The van der Waals surface area contributed by atoms with Gasteiger partial charge in [0.15, 0.2) is 0 Å². The van der Waals surface area contributed by atoms with E-state index in [-0.39, 0.29) is 17.5 Å². The summed E-state index contributed by atoms with van der Waals surface area (Å²) in [5, 5.41) is 9.34. The molecule has 7 heteroatoms. The van der Waals surface area contributed by atoms with Gasteiger partial charge in [0.05, 0.1) is 36.2 Å². The van der Waals surface area contributed by atoms with Gasteiger partial charge in [-0.05, 0) is 55.3 Å². The Kier molecular flexibility index (Phi) is 5.92. The van der Waals surface area contributed by atoms with Crippen LogP contribution in [0.3, 0.4) is 0 Å². The Hall–Kier alpha value is -4.44. The van der Waals surface area contributed by atoms with Crippen LogP contribution in [0.4, 0.5) is 5.95 Å². The zero-order valence-electron chi connectivity index (χ0n) is 18.6. The summed E-state index contributed by atoms with van der Waals surface area (Å²) in [6, 6.07) is 20.3. The fourth-order valence-electron chi connectivity index (χ4n) is 3.80.